The van der Waals surface area contributed by atoms with Gasteiger partial charge in [0.15, 0.2) is 0 Å². The van der Waals surface area contributed by atoms with Crippen LogP contribution in [0.3, 0.4) is 0 Å². The van der Waals surface area contributed by atoms with E-state index in [0.717, 1.165) is 5.56 Å². The zero-order valence-electron chi connectivity index (χ0n) is 9.08. The fraction of sp³-hybridized carbons (Fsp3) is 0.0833. The van der Waals surface area contributed by atoms with Gasteiger partial charge in [-0.15, -0.1) is 0 Å². The standard InChI is InChI=1S/C12H12N4O/c13-12(17)11(9-4-2-1-3-5-9)16-10-8-14-6-7-15-10/h1-8,11H,(H2,13,17)(H,15,16). The molecule has 1 atom stereocenters. The maximum absolute atomic E-state index is 11.4. The second-order valence-electron chi connectivity index (χ2n) is 3.48. The van der Waals surface area contributed by atoms with Crippen LogP contribution in [-0.2, 0) is 4.79 Å². The molecule has 0 aliphatic rings. The van der Waals surface area contributed by atoms with E-state index in [-0.39, 0.29) is 0 Å². The smallest absolute Gasteiger partial charge is 0.244 e. The van der Waals surface area contributed by atoms with E-state index in [4.69, 9.17) is 5.73 Å². The van der Waals surface area contributed by atoms with Crippen molar-refractivity contribution < 1.29 is 4.79 Å². The lowest BCUT2D eigenvalue weighted by Crippen LogP contribution is -2.28. The molecule has 1 unspecified atom stereocenters. The van der Waals surface area contributed by atoms with E-state index in [9.17, 15) is 4.79 Å². The molecule has 1 aromatic heterocycles. The van der Waals surface area contributed by atoms with Gasteiger partial charge in [0, 0.05) is 12.4 Å². The minimum Gasteiger partial charge on any atom is -0.368 e. The molecule has 1 heterocycles. The monoisotopic (exact) mass is 228 g/mol. The molecule has 0 bridgehead atoms. The van der Waals surface area contributed by atoms with Crippen LogP contribution in [0.15, 0.2) is 48.9 Å². The van der Waals surface area contributed by atoms with Gasteiger partial charge < -0.3 is 11.1 Å². The molecule has 0 radical (unpaired) electrons. The highest BCUT2D eigenvalue weighted by atomic mass is 16.1. The molecule has 1 aromatic carbocycles. The van der Waals surface area contributed by atoms with E-state index in [1.54, 1.807) is 18.6 Å². The first-order chi connectivity index (χ1) is 8.27. The van der Waals surface area contributed by atoms with Crippen LogP contribution < -0.4 is 11.1 Å². The molecule has 1 amide bonds. The van der Waals surface area contributed by atoms with Crippen molar-refractivity contribution in [2.24, 2.45) is 5.73 Å². The second kappa shape index (κ2) is 5.07. The van der Waals surface area contributed by atoms with Crippen molar-refractivity contribution in [3.63, 3.8) is 0 Å². The molecule has 0 saturated heterocycles. The Hall–Kier alpha value is -2.43. The molecule has 17 heavy (non-hydrogen) atoms. The number of nitrogens with one attached hydrogen (secondary N) is 1. The second-order valence-corrected chi connectivity index (χ2v) is 3.48. The molecule has 0 fully saturated rings. The predicted octanol–water partition coefficient (Wildman–Crippen LogP) is 1.12. The van der Waals surface area contributed by atoms with E-state index in [1.165, 1.54) is 0 Å². The van der Waals surface area contributed by atoms with Crippen molar-refractivity contribution in [3.05, 3.63) is 54.5 Å². The molecular weight excluding hydrogens is 216 g/mol. The fourth-order valence-corrected chi connectivity index (χ4v) is 1.49. The van der Waals surface area contributed by atoms with E-state index < -0.39 is 11.9 Å². The van der Waals surface area contributed by atoms with Crippen LogP contribution in [-0.4, -0.2) is 15.9 Å². The normalized spacial score (nSPS) is 11.8. The Morgan fingerprint density at radius 3 is 2.59 bits per heavy atom. The number of anilines is 1. The first kappa shape index (κ1) is 11.1. The third-order valence-corrected chi connectivity index (χ3v) is 2.27. The van der Waals surface area contributed by atoms with Crippen LogP contribution in [0.25, 0.3) is 0 Å². The number of carbonyl (C=O) groups is 1. The van der Waals surface area contributed by atoms with Crippen LogP contribution in [0.2, 0.25) is 0 Å². The van der Waals surface area contributed by atoms with Gasteiger partial charge in [-0.3, -0.25) is 9.78 Å². The third-order valence-electron chi connectivity index (χ3n) is 2.27. The first-order valence-electron chi connectivity index (χ1n) is 5.14. The number of hydrogen-bond acceptors (Lipinski definition) is 4. The van der Waals surface area contributed by atoms with Gasteiger partial charge in [-0.2, -0.15) is 0 Å². The summed E-state index contributed by atoms with van der Waals surface area (Å²) in [5.41, 5.74) is 6.16. The van der Waals surface area contributed by atoms with Crippen molar-refractivity contribution in [2.75, 3.05) is 5.32 Å². The highest BCUT2D eigenvalue weighted by molar-refractivity contribution is 5.84. The van der Waals surface area contributed by atoms with Crippen LogP contribution in [0, 0.1) is 0 Å². The van der Waals surface area contributed by atoms with Gasteiger partial charge >= 0.3 is 0 Å². The summed E-state index contributed by atoms with van der Waals surface area (Å²) in [4.78, 5) is 19.4. The number of carbonyl (C=O) groups excluding carboxylic acids is 1. The zero-order chi connectivity index (χ0) is 12.1. The first-order valence-corrected chi connectivity index (χ1v) is 5.14. The molecule has 3 N–H and O–H groups in total. The molecule has 0 aliphatic carbocycles. The number of nitrogens with two attached hydrogens (primary N) is 1. The SMILES string of the molecule is NC(=O)C(Nc1cnccn1)c1ccccc1. The summed E-state index contributed by atoms with van der Waals surface area (Å²) < 4.78 is 0. The average molecular weight is 228 g/mol. The number of amides is 1. The summed E-state index contributed by atoms with van der Waals surface area (Å²) in [6, 6.07) is 8.64. The highest BCUT2D eigenvalue weighted by Gasteiger charge is 2.17. The Labute approximate surface area is 98.7 Å². The average Bonchev–Trinajstić information content (AvgIpc) is 2.38. The van der Waals surface area contributed by atoms with Crippen LogP contribution in [0.5, 0.6) is 0 Å². The Kier molecular flexibility index (Phi) is 3.30. The van der Waals surface area contributed by atoms with Gasteiger partial charge in [0.1, 0.15) is 11.9 Å². The fourth-order valence-electron chi connectivity index (χ4n) is 1.49. The van der Waals surface area contributed by atoms with Gasteiger partial charge in [-0.05, 0) is 5.56 Å². The Morgan fingerprint density at radius 1 is 1.24 bits per heavy atom. The van der Waals surface area contributed by atoms with E-state index in [2.05, 4.69) is 15.3 Å². The lowest BCUT2D eigenvalue weighted by atomic mass is 10.1. The minimum absolute atomic E-state index is 0.457. The van der Waals surface area contributed by atoms with E-state index >= 15 is 0 Å². The molecule has 86 valence electrons. The number of primary amides is 1. The minimum atomic E-state index is -0.604. The highest BCUT2D eigenvalue weighted by Crippen LogP contribution is 2.16. The summed E-state index contributed by atoms with van der Waals surface area (Å²) in [7, 11) is 0. The van der Waals surface area contributed by atoms with Crippen LogP contribution in [0.1, 0.15) is 11.6 Å². The van der Waals surface area contributed by atoms with Crippen LogP contribution in [0.4, 0.5) is 5.82 Å². The molecule has 2 aromatic rings. The lowest BCUT2D eigenvalue weighted by Gasteiger charge is -2.15. The van der Waals surface area contributed by atoms with Gasteiger partial charge in [0.2, 0.25) is 5.91 Å². The molecular formula is C12H12N4O. The largest absolute Gasteiger partial charge is 0.368 e. The number of hydrogen-bond donors (Lipinski definition) is 2. The number of benzene rings is 1. The maximum atomic E-state index is 11.4. The summed E-state index contributed by atoms with van der Waals surface area (Å²) in [5.74, 6) is 0.0574. The molecule has 0 spiro atoms. The number of aromatic nitrogens is 2. The predicted molar refractivity (Wildman–Crippen MR) is 64.0 cm³/mol. The van der Waals surface area contributed by atoms with Gasteiger partial charge in [-0.25, -0.2) is 4.98 Å². The molecule has 5 nitrogen and oxygen atoms in total. The Balaban J connectivity index is 2.23. The molecule has 5 heteroatoms. The number of rotatable bonds is 4. The number of nitrogens with zero attached hydrogens (tertiary/aromatic N) is 2. The van der Waals surface area contributed by atoms with Crippen molar-refractivity contribution in [1.29, 1.82) is 0 Å². The van der Waals surface area contributed by atoms with Crippen molar-refractivity contribution in [3.8, 4) is 0 Å². The zero-order valence-corrected chi connectivity index (χ0v) is 9.08. The summed E-state index contributed by atoms with van der Waals surface area (Å²) >= 11 is 0. The maximum Gasteiger partial charge on any atom is 0.244 e. The van der Waals surface area contributed by atoms with Crippen molar-refractivity contribution >= 4 is 11.7 Å². The lowest BCUT2D eigenvalue weighted by molar-refractivity contribution is -0.118. The Bertz CT molecular complexity index is 486. The summed E-state index contributed by atoms with van der Waals surface area (Å²) in [6.45, 7) is 0. The molecule has 0 saturated carbocycles. The van der Waals surface area contributed by atoms with Gasteiger partial charge in [-0.1, -0.05) is 30.3 Å². The van der Waals surface area contributed by atoms with Gasteiger partial charge in [0.05, 0.1) is 6.20 Å². The Morgan fingerprint density at radius 2 is 2.00 bits per heavy atom. The molecule has 0 aliphatic heterocycles. The topological polar surface area (TPSA) is 80.9 Å². The van der Waals surface area contributed by atoms with E-state index in [1.807, 2.05) is 30.3 Å². The third kappa shape index (κ3) is 2.78. The van der Waals surface area contributed by atoms with Crippen LogP contribution >= 0.6 is 0 Å². The summed E-state index contributed by atoms with van der Waals surface area (Å²) in [6.07, 6.45) is 4.65. The van der Waals surface area contributed by atoms with Crippen molar-refractivity contribution in [2.45, 2.75) is 6.04 Å². The molecule has 2 rings (SSSR count). The summed E-state index contributed by atoms with van der Waals surface area (Å²) in [5, 5.41) is 2.95. The van der Waals surface area contributed by atoms with Crippen molar-refractivity contribution in [1.82, 2.24) is 9.97 Å². The van der Waals surface area contributed by atoms with Gasteiger partial charge in [0.25, 0.3) is 0 Å². The quantitative estimate of drug-likeness (QED) is 0.821. The van der Waals surface area contributed by atoms with E-state index in [0.29, 0.717) is 5.82 Å².